The smallest absolute Gasteiger partial charge is 0.164 e. The van der Waals surface area contributed by atoms with Gasteiger partial charge in [0.1, 0.15) is 12.1 Å². The Labute approximate surface area is 79.5 Å². The summed E-state index contributed by atoms with van der Waals surface area (Å²) >= 11 is 0. The number of hydrogen-bond donors (Lipinski definition) is 0. The zero-order valence-corrected chi connectivity index (χ0v) is 7.61. The van der Waals surface area contributed by atoms with E-state index in [1.165, 1.54) is 0 Å². The van der Waals surface area contributed by atoms with Crippen LogP contribution >= 0.6 is 0 Å². The van der Waals surface area contributed by atoms with E-state index in [1.54, 1.807) is 0 Å². The van der Waals surface area contributed by atoms with E-state index in [4.69, 9.17) is 0 Å². The Balaban J connectivity index is 3.12. The Bertz CT molecular complexity index is 361. The lowest BCUT2D eigenvalue weighted by molar-refractivity contribution is -0.107. The molecule has 14 heavy (non-hydrogen) atoms. The molecule has 1 rings (SSSR count). The van der Waals surface area contributed by atoms with Gasteiger partial charge in [-0.2, -0.15) is 0 Å². The van der Waals surface area contributed by atoms with Crippen LogP contribution in [0.2, 0.25) is 0 Å². The third-order valence-corrected chi connectivity index (χ3v) is 1.98. The second-order valence-corrected chi connectivity index (χ2v) is 2.98. The third kappa shape index (κ3) is 1.95. The summed E-state index contributed by atoms with van der Waals surface area (Å²) in [7, 11) is 0. The van der Waals surface area contributed by atoms with Crippen molar-refractivity contribution in [1.29, 1.82) is 0 Å². The standard InChI is InChI=1S/C10H9F3O/c1-6-9(12)7(3-2-4-14)5-8(11)10(6)13/h4-5H,2-3H2,1H3. The number of hydrogen-bond acceptors (Lipinski definition) is 1. The molecule has 1 aromatic carbocycles. The van der Waals surface area contributed by atoms with Crippen LogP contribution < -0.4 is 0 Å². The lowest BCUT2D eigenvalue weighted by Crippen LogP contribution is -2.00. The van der Waals surface area contributed by atoms with E-state index < -0.39 is 17.5 Å². The van der Waals surface area contributed by atoms with Gasteiger partial charge in [-0.25, -0.2) is 13.2 Å². The lowest BCUT2D eigenvalue weighted by atomic mass is 10.1. The number of rotatable bonds is 3. The monoisotopic (exact) mass is 202 g/mol. The van der Waals surface area contributed by atoms with Gasteiger partial charge in [0.05, 0.1) is 0 Å². The molecule has 1 aromatic rings. The molecular formula is C10H9F3O. The highest BCUT2D eigenvalue weighted by molar-refractivity contribution is 5.50. The molecule has 0 heterocycles. The van der Waals surface area contributed by atoms with Crippen molar-refractivity contribution in [3.05, 3.63) is 34.6 Å². The van der Waals surface area contributed by atoms with Crippen LogP contribution in [0.1, 0.15) is 17.5 Å². The minimum atomic E-state index is -1.17. The molecule has 0 N–H and O–H groups in total. The van der Waals surface area contributed by atoms with Gasteiger partial charge >= 0.3 is 0 Å². The largest absolute Gasteiger partial charge is 0.303 e. The molecule has 0 aliphatic carbocycles. The molecule has 0 bridgehead atoms. The van der Waals surface area contributed by atoms with Gasteiger partial charge in [-0.1, -0.05) is 0 Å². The summed E-state index contributed by atoms with van der Waals surface area (Å²) in [6.07, 6.45) is 0.796. The summed E-state index contributed by atoms with van der Waals surface area (Å²) in [5.74, 6) is -3.02. The minimum absolute atomic E-state index is 0.0356. The van der Waals surface area contributed by atoms with Gasteiger partial charge in [0.2, 0.25) is 0 Å². The van der Waals surface area contributed by atoms with Crippen molar-refractivity contribution in [3.8, 4) is 0 Å². The van der Waals surface area contributed by atoms with Crippen LogP contribution in [0, 0.1) is 24.4 Å². The van der Waals surface area contributed by atoms with Crippen molar-refractivity contribution in [2.45, 2.75) is 19.8 Å². The lowest BCUT2D eigenvalue weighted by Gasteiger charge is -2.05. The van der Waals surface area contributed by atoms with Crippen LogP contribution in [0.3, 0.4) is 0 Å². The van der Waals surface area contributed by atoms with Gasteiger partial charge in [0.25, 0.3) is 0 Å². The number of benzene rings is 1. The molecule has 0 aromatic heterocycles. The first-order chi connectivity index (χ1) is 6.57. The Morgan fingerprint density at radius 1 is 1.29 bits per heavy atom. The molecule has 4 heteroatoms. The summed E-state index contributed by atoms with van der Waals surface area (Å²) in [5.41, 5.74) is -0.306. The van der Waals surface area contributed by atoms with Crippen molar-refractivity contribution in [1.82, 2.24) is 0 Å². The van der Waals surface area contributed by atoms with Crippen LogP contribution in [-0.4, -0.2) is 6.29 Å². The highest BCUT2D eigenvalue weighted by atomic mass is 19.2. The number of carbonyl (C=O) groups excluding carboxylic acids is 1. The topological polar surface area (TPSA) is 17.1 Å². The normalized spacial score (nSPS) is 10.3. The zero-order valence-electron chi connectivity index (χ0n) is 7.61. The molecule has 0 aliphatic rings. The maximum atomic E-state index is 13.2. The molecule has 76 valence electrons. The molecule has 0 amide bonds. The molecular weight excluding hydrogens is 193 g/mol. The zero-order chi connectivity index (χ0) is 10.7. The summed E-state index contributed by atoms with van der Waals surface area (Å²) in [6, 6.07) is 0.793. The molecule has 0 saturated carbocycles. The van der Waals surface area contributed by atoms with Crippen molar-refractivity contribution < 1.29 is 18.0 Å². The van der Waals surface area contributed by atoms with Gasteiger partial charge in [0.15, 0.2) is 11.6 Å². The van der Waals surface area contributed by atoms with Gasteiger partial charge in [0, 0.05) is 12.0 Å². The van der Waals surface area contributed by atoms with Crippen LogP contribution in [0.25, 0.3) is 0 Å². The molecule has 0 radical (unpaired) electrons. The quantitative estimate of drug-likeness (QED) is 0.543. The fraction of sp³-hybridized carbons (Fsp3) is 0.300. The van der Waals surface area contributed by atoms with E-state index in [9.17, 15) is 18.0 Å². The number of aryl methyl sites for hydroxylation is 1. The Morgan fingerprint density at radius 2 is 1.93 bits per heavy atom. The molecule has 1 nitrogen and oxygen atoms in total. The van der Waals surface area contributed by atoms with Gasteiger partial charge in [-0.05, 0) is 25.0 Å². The van der Waals surface area contributed by atoms with Crippen molar-refractivity contribution in [2.75, 3.05) is 0 Å². The molecule has 0 aliphatic heterocycles. The summed E-state index contributed by atoms with van der Waals surface area (Å²) in [5, 5.41) is 0. The second kappa shape index (κ2) is 4.26. The maximum absolute atomic E-state index is 13.2. The Kier molecular flexibility index (Phi) is 3.28. The predicted molar refractivity (Wildman–Crippen MR) is 45.4 cm³/mol. The number of carbonyl (C=O) groups is 1. The Morgan fingerprint density at radius 3 is 2.50 bits per heavy atom. The fourth-order valence-corrected chi connectivity index (χ4v) is 1.19. The summed E-state index contributed by atoms with van der Waals surface area (Å²) < 4.78 is 38.9. The summed E-state index contributed by atoms with van der Waals surface area (Å²) in [4.78, 5) is 10.0. The van der Waals surface area contributed by atoms with Crippen molar-refractivity contribution in [3.63, 3.8) is 0 Å². The highest BCUT2D eigenvalue weighted by Crippen LogP contribution is 2.20. The van der Waals surface area contributed by atoms with Crippen LogP contribution in [0.4, 0.5) is 13.2 Å². The van der Waals surface area contributed by atoms with Crippen LogP contribution in [-0.2, 0) is 11.2 Å². The van der Waals surface area contributed by atoms with Gasteiger partial charge in [-0.15, -0.1) is 0 Å². The first-order valence-electron chi connectivity index (χ1n) is 4.14. The van der Waals surface area contributed by atoms with E-state index in [0.717, 1.165) is 13.0 Å². The maximum Gasteiger partial charge on any atom is 0.164 e. The molecule has 0 spiro atoms. The Hall–Kier alpha value is -1.32. The molecule has 0 unspecified atom stereocenters. The fourth-order valence-electron chi connectivity index (χ4n) is 1.19. The summed E-state index contributed by atoms with van der Waals surface area (Å²) in [6.45, 7) is 1.16. The highest BCUT2D eigenvalue weighted by Gasteiger charge is 2.14. The molecule has 0 saturated heterocycles. The van der Waals surface area contributed by atoms with E-state index in [2.05, 4.69) is 0 Å². The van der Waals surface area contributed by atoms with E-state index >= 15 is 0 Å². The first kappa shape index (κ1) is 10.8. The van der Waals surface area contributed by atoms with Gasteiger partial charge < -0.3 is 4.79 Å². The van der Waals surface area contributed by atoms with Crippen molar-refractivity contribution >= 4 is 6.29 Å². The molecule has 0 fully saturated rings. The number of aldehydes is 1. The average molecular weight is 202 g/mol. The minimum Gasteiger partial charge on any atom is -0.303 e. The number of halogens is 3. The van der Waals surface area contributed by atoms with Gasteiger partial charge in [-0.3, -0.25) is 0 Å². The second-order valence-electron chi connectivity index (χ2n) is 2.98. The van der Waals surface area contributed by atoms with Crippen LogP contribution in [0.15, 0.2) is 6.07 Å². The first-order valence-corrected chi connectivity index (χ1v) is 4.14. The third-order valence-electron chi connectivity index (χ3n) is 1.98. The SMILES string of the molecule is Cc1c(F)c(F)cc(CCC=O)c1F. The predicted octanol–water partition coefficient (Wildman–Crippen LogP) is 2.54. The average Bonchev–Trinajstić information content (AvgIpc) is 2.18. The van der Waals surface area contributed by atoms with E-state index in [0.29, 0.717) is 6.29 Å². The van der Waals surface area contributed by atoms with Crippen LogP contribution in [0.5, 0.6) is 0 Å². The van der Waals surface area contributed by atoms with E-state index in [-0.39, 0.29) is 24.0 Å². The van der Waals surface area contributed by atoms with E-state index in [1.807, 2.05) is 0 Å². The van der Waals surface area contributed by atoms with Crippen molar-refractivity contribution in [2.24, 2.45) is 0 Å². The molecule has 0 atom stereocenters.